The molecule has 1 atom stereocenters. The fourth-order valence-electron chi connectivity index (χ4n) is 3.50. The Morgan fingerprint density at radius 2 is 1.86 bits per heavy atom. The number of carbonyl (C=O) groups is 1. The largest absolute Gasteiger partial charge is 0.486 e. The minimum Gasteiger partial charge on any atom is -0.486 e. The summed E-state index contributed by atoms with van der Waals surface area (Å²) in [5, 5.41) is -0.355. The van der Waals surface area contributed by atoms with Crippen molar-refractivity contribution in [1.82, 2.24) is 0 Å². The standard InChI is InChI=1S/C23H27ClFNO7S2/c1-23(2,3)33-22(27)12-15-5-8-21-20(11-15)26(14-16(32-21)9-10-34(4,28)29)35(30,31)17-6-7-19(25)18(24)13-17/h5-8,11,13,16H,9-10,12,14H2,1-4H3/t16-/m0/s1. The lowest BCUT2D eigenvalue weighted by molar-refractivity contribution is -0.153. The summed E-state index contributed by atoms with van der Waals surface area (Å²) in [4.78, 5) is 12.1. The van der Waals surface area contributed by atoms with Crippen LogP contribution in [0.25, 0.3) is 0 Å². The van der Waals surface area contributed by atoms with Crippen molar-refractivity contribution < 1.29 is 35.5 Å². The Morgan fingerprint density at radius 1 is 1.17 bits per heavy atom. The van der Waals surface area contributed by atoms with Crippen LogP contribution in [0.2, 0.25) is 5.02 Å². The Kier molecular flexibility index (Phi) is 7.73. The van der Waals surface area contributed by atoms with Gasteiger partial charge >= 0.3 is 5.97 Å². The van der Waals surface area contributed by atoms with E-state index < -0.39 is 43.4 Å². The number of hydrogen-bond acceptors (Lipinski definition) is 7. The molecule has 0 aliphatic carbocycles. The van der Waals surface area contributed by atoms with Crippen LogP contribution in [0.4, 0.5) is 10.1 Å². The highest BCUT2D eigenvalue weighted by atomic mass is 35.5. The normalized spacial score (nSPS) is 16.4. The highest BCUT2D eigenvalue weighted by molar-refractivity contribution is 7.92. The molecule has 0 unspecified atom stereocenters. The fourth-order valence-corrected chi connectivity index (χ4v) is 5.96. The van der Waals surface area contributed by atoms with Gasteiger partial charge in [-0.15, -0.1) is 0 Å². The molecular weight excluding hydrogens is 521 g/mol. The molecule has 1 heterocycles. The zero-order valence-electron chi connectivity index (χ0n) is 19.7. The number of rotatable bonds is 7. The van der Waals surface area contributed by atoms with E-state index in [1.165, 1.54) is 12.1 Å². The van der Waals surface area contributed by atoms with Crippen LogP contribution in [0.1, 0.15) is 32.8 Å². The number of ether oxygens (including phenoxy) is 2. The van der Waals surface area contributed by atoms with Gasteiger partial charge in [0.2, 0.25) is 0 Å². The number of benzene rings is 2. The van der Waals surface area contributed by atoms with Crippen LogP contribution < -0.4 is 9.04 Å². The first-order valence-electron chi connectivity index (χ1n) is 10.7. The molecule has 1 aliphatic heterocycles. The number of halogens is 2. The third-order valence-electron chi connectivity index (χ3n) is 5.01. The van der Waals surface area contributed by atoms with Gasteiger partial charge in [0, 0.05) is 6.26 Å². The average molecular weight is 548 g/mol. The number of sulfonamides is 1. The van der Waals surface area contributed by atoms with E-state index in [-0.39, 0.29) is 46.5 Å². The first-order valence-corrected chi connectivity index (χ1v) is 14.6. The summed E-state index contributed by atoms with van der Waals surface area (Å²) >= 11 is 5.82. The van der Waals surface area contributed by atoms with Gasteiger partial charge < -0.3 is 9.47 Å². The zero-order valence-corrected chi connectivity index (χ0v) is 22.1. The van der Waals surface area contributed by atoms with Crippen molar-refractivity contribution >= 4 is 43.1 Å². The minimum absolute atomic E-state index is 0.0636. The highest BCUT2D eigenvalue weighted by Gasteiger charge is 2.35. The predicted octanol–water partition coefficient (Wildman–Crippen LogP) is 3.75. The summed E-state index contributed by atoms with van der Waals surface area (Å²) in [6.45, 7) is 5.04. The molecule has 12 heteroatoms. The Hall–Kier alpha value is -2.37. The first kappa shape index (κ1) is 27.2. The van der Waals surface area contributed by atoms with Crippen LogP contribution in [-0.2, 0) is 35.8 Å². The van der Waals surface area contributed by atoms with Gasteiger partial charge in [0.15, 0.2) is 0 Å². The number of anilines is 1. The van der Waals surface area contributed by atoms with Crippen LogP contribution in [0.3, 0.4) is 0 Å². The van der Waals surface area contributed by atoms with Gasteiger partial charge in [-0.05, 0) is 63.1 Å². The molecule has 0 spiro atoms. The predicted molar refractivity (Wildman–Crippen MR) is 131 cm³/mol. The molecule has 35 heavy (non-hydrogen) atoms. The van der Waals surface area contributed by atoms with Gasteiger partial charge in [-0.25, -0.2) is 21.2 Å². The molecular formula is C23H27ClFNO7S2. The quantitative estimate of drug-likeness (QED) is 0.486. The van der Waals surface area contributed by atoms with Crippen LogP contribution in [0.5, 0.6) is 5.75 Å². The Bertz CT molecular complexity index is 1340. The lowest BCUT2D eigenvalue weighted by Crippen LogP contribution is -2.44. The number of carbonyl (C=O) groups excluding carboxylic acids is 1. The van der Waals surface area contributed by atoms with Gasteiger partial charge in [0.05, 0.1) is 34.3 Å². The maximum Gasteiger partial charge on any atom is 0.310 e. The molecule has 0 amide bonds. The molecule has 2 aromatic rings. The molecule has 1 aliphatic rings. The number of nitrogens with zero attached hydrogens (tertiary/aromatic N) is 1. The van der Waals surface area contributed by atoms with Crippen LogP contribution in [-0.4, -0.2) is 53.1 Å². The van der Waals surface area contributed by atoms with Crippen LogP contribution in [0, 0.1) is 5.82 Å². The van der Waals surface area contributed by atoms with Gasteiger partial charge in [0.1, 0.15) is 33.1 Å². The van der Waals surface area contributed by atoms with Gasteiger partial charge in [-0.3, -0.25) is 9.10 Å². The lowest BCUT2D eigenvalue weighted by Gasteiger charge is -2.36. The second-order valence-corrected chi connectivity index (χ2v) is 13.9. The van der Waals surface area contributed by atoms with E-state index in [0.29, 0.717) is 5.56 Å². The topological polar surface area (TPSA) is 107 Å². The summed E-state index contributed by atoms with van der Waals surface area (Å²) < 4.78 is 76.4. The Labute approximate surface area is 210 Å². The van der Waals surface area contributed by atoms with E-state index in [4.69, 9.17) is 21.1 Å². The molecule has 0 bridgehead atoms. The van der Waals surface area contributed by atoms with E-state index in [1.54, 1.807) is 26.8 Å². The Balaban J connectivity index is 2.01. The third kappa shape index (κ3) is 7.08. The average Bonchev–Trinajstić information content (AvgIpc) is 2.71. The van der Waals surface area contributed by atoms with Crippen molar-refractivity contribution in [3.63, 3.8) is 0 Å². The number of hydrogen-bond donors (Lipinski definition) is 0. The van der Waals surface area contributed by atoms with Gasteiger partial charge in [-0.2, -0.15) is 0 Å². The maximum absolute atomic E-state index is 13.7. The second-order valence-electron chi connectivity index (χ2n) is 9.34. The molecule has 3 rings (SSSR count). The van der Waals surface area contributed by atoms with E-state index in [1.807, 2.05) is 0 Å². The van der Waals surface area contributed by atoms with E-state index in [9.17, 15) is 26.0 Å². The SMILES string of the molecule is CC(C)(C)OC(=O)Cc1ccc2c(c1)N(S(=O)(=O)c1ccc(F)c(Cl)c1)C[C@H](CCS(C)(=O)=O)O2. The molecule has 0 N–H and O–H groups in total. The summed E-state index contributed by atoms with van der Waals surface area (Å²) in [7, 11) is -7.55. The van der Waals surface area contributed by atoms with Crippen molar-refractivity contribution in [2.24, 2.45) is 0 Å². The highest BCUT2D eigenvalue weighted by Crippen LogP contribution is 2.39. The van der Waals surface area contributed by atoms with E-state index in [0.717, 1.165) is 28.8 Å². The molecule has 192 valence electrons. The van der Waals surface area contributed by atoms with Crippen molar-refractivity contribution in [1.29, 1.82) is 0 Å². The summed E-state index contributed by atoms with van der Waals surface area (Å²) in [5.41, 5.74) is -0.0195. The molecule has 0 saturated carbocycles. The summed E-state index contributed by atoms with van der Waals surface area (Å²) in [6, 6.07) is 7.72. The first-order chi connectivity index (χ1) is 16.0. The minimum atomic E-state index is -4.24. The molecule has 0 radical (unpaired) electrons. The van der Waals surface area contributed by atoms with Gasteiger partial charge in [0.25, 0.3) is 10.0 Å². The molecule has 0 aromatic heterocycles. The number of sulfone groups is 1. The van der Waals surface area contributed by atoms with Gasteiger partial charge in [-0.1, -0.05) is 17.7 Å². The third-order valence-corrected chi connectivity index (χ3v) is 8.06. The summed E-state index contributed by atoms with van der Waals surface area (Å²) in [5.74, 6) is -1.24. The van der Waals surface area contributed by atoms with E-state index >= 15 is 0 Å². The molecule has 0 saturated heterocycles. The zero-order chi connectivity index (χ0) is 26.2. The number of esters is 1. The molecule has 0 fully saturated rings. The maximum atomic E-state index is 13.7. The fraction of sp³-hybridized carbons (Fsp3) is 0.435. The smallest absolute Gasteiger partial charge is 0.310 e. The van der Waals surface area contributed by atoms with Crippen molar-refractivity contribution in [2.75, 3.05) is 22.9 Å². The van der Waals surface area contributed by atoms with Crippen molar-refractivity contribution in [2.45, 2.75) is 50.2 Å². The Morgan fingerprint density at radius 3 is 2.46 bits per heavy atom. The van der Waals surface area contributed by atoms with Crippen LogP contribution in [0.15, 0.2) is 41.3 Å². The van der Waals surface area contributed by atoms with E-state index in [2.05, 4.69) is 0 Å². The number of fused-ring (bicyclic) bond motifs is 1. The van der Waals surface area contributed by atoms with Crippen molar-refractivity contribution in [3.05, 3.63) is 52.8 Å². The van der Waals surface area contributed by atoms with Crippen LogP contribution >= 0.6 is 11.6 Å². The summed E-state index contributed by atoms with van der Waals surface area (Å²) in [6.07, 6.45) is 0.299. The lowest BCUT2D eigenvalue weighted by atomic mass is 10.1. The van der Waals surface area contributed by atoms with Crippen molar-refractivity contribution in [3.8, 4) is 5.75 Å². The second kappa shape index (κ2) is 9.94. The molecule has 2 aromatic carbocycles. The molecule has 8 nitrogen and oxygen atoms in total. The monoisotopic (exact) mass is 547 g/mol.